The molecule has 44 heavy (non-hydrogen) atoms. The van der Waals surface area contributed by atoms with Gasteiger partial charge in [-0.1, -0.05) is 60.0 Å². The number of hydrogen-bond acceptors (Lipinski definition) is 6. The van der Waals surface area contributed by atoms with Gasteiger partial charge in [0, 0.05) is 27.4 Å². The molecule has 1 aliphatic rings. The lowest BCUT2D eigenvalue weighted by Crippen LogP contribution is -2.15. The molecule has 0 saturated heterocycles. The summed E-state index contributed by atoms with van der Waals surface area (Å²) < 4.78 is 38.9. The predicted molar refractivity (Wildman–Crippen MR) is 180 cm³/mol. The van der Waals surface area contributed by atoms with Crippen molar-refractivity contribution in [2.45, 2.75) is 51.1 Å². The Balaban J connectivity index is 0.00000675. The molecule has 0 radical (unpaired) electrons. The van der Waals surface area contributed by atoms with E-state index in [9.17, 15) is 13.2 Å². The number of hydrogen-bond donors (Lipinski definition) is 4. The van der Waals surface area contributed by atoms with Crippen LogP contribution in [0.1, 0.15) is 54.7 Å². The Morgan fingerprint density at radius 1 is 1.02 bits per heavy atom. The largest absolute Gasteiger partial charge is 0.412 e. The maximum absolute atomic E-state index is 13.0. The van der Waals surface area contributed by atoms with E-state index in [4.69, 9.17) is 45.4 Å². The van der Waals surface area contributed by atoms with Crippen molar-refractivity contribution >= 4 is 58.6 Å². The third kappa shape index (κ3) is 11.6. The van der Waals surface area contributed by atoms with E-state index in [1.807, 2.05) is 12.1 Å². The highest BCUT2D eigenvalue weighted by atomic mass is 35.5. The van der Waals surface area contributed by atoms with Crippen molar-refractivity contribution < 1.29 is 13.2 Å². The molecular formula is C31H36Cl2F3N7S. The van der Waals surface area contributed by atoms with E-state index in [1.54, 1.807) is 18.2 Å². The molecule has 0 spiro atoms. The third-order valence-electron chi connectivity index (χ3n) is 6.40. The van der Waals surface area contributed by atoms with Gasteiger partial charge < -0.3 is 23.4 Å². The van der Waals surface area contributed by atoms with Gasteiger partial charge in [0.1, 0.15) is 6.34 Å². The molecule has 3 rings (SSSR count). The number of rotatable bonds is 12. The van der Waals surface area contributed by atoms with E-state index >= 15 is 0 Å². The first-order valence-electron chi connectivity index (χ1n) is 13.6. The molecular weight excluding hydrogens is 630 g/mol. The van der Waals surface area contributed by atoms with Crippen molar-refractivity contribution in [1.82, 2.24) is 6.15 Å². The Morgan fingerprint density at radius 2 is 1.80 bits per heavy atom. The Labute approximate surface area is 270 Å². The first-order valence-corrected chi connectivity index (χ1v) is 15.2. The minimum atomic E-state index is -4.32. The lowest BCUT2D eigenvalue weighted by atomic mass is 9.98. The Bertz CT molecular complexity index is 1510. The summed E-state index contributed by atoms with van der Waals surface area (Å²) in [5.41, 5.74) is 20.2. The van der Waals surface area contributed by atoms with Crippen molar-refractivity contribution in [2.24, 2.45) is 32.2 Å². The average Bonchev–Trinajstić information content (AvgIpc) is 3.44. The van der Waals surface area contributed by atoms with E-state index in [2.05, 4.69) is 21.8 Å². The summed E-state index contributed by atoms with van der Waals surface area (Å²) in [7, 11) is 0. The van der Waals surface area contributed by atoms with Crippen LogP contribution >= 0.6 is 34.5 Å². The summed E-state index contributed by atoms with van der Waals surface area (Å²) in [4.78, 5) is 14.6. The second-order valence-electron chi connectivity index (χ2n) is 9.56. The quantitative estimate of drug-likeness (QED) is 0.0785. The maximum atomic E-state index is 13.0. The Hall–Kier alpha value is -3.40. The van der Waals surface area contributed by atoms with Gasteiger partial charge in [0.2, 0.25) is 0 Å². The number of thiophene rings is 1. The van der Waals surface area contributed by atoms with E-state index in [1.165, 1.54) is 23.8 Å². The highest BCUT2D eigenvalue weighted by molar-refractivity contribution is 7.14. The van der Waals surface area contributed by atoms with Gasteiger partial charge in [0.15, 0.2) is 0 Å². The lowest BCUT2D eigenvalue weighted by molar-refractivity contribution is -0.0940. The van der Waals surface area contributed by atoms with Gasteiger partial charge in [0.05, 0.1) is 39.1 Å². The second-order valence-corrected chi connectivity index (χ2v) is 11.5. The topological polar surface area (TPSA) is 150 Å². The summed E-state index contributed by atoms with van der Waals surface area (Å²) in [5.74, 6) is 6.09. The third-order valence-corrected chi connectivity index (χ3v) is 7.94. The van der Waals surface area contributed by atoms with Crippen LogP contribution in [0.4, 0.5) is 18.9 Å². The molecule has 0 aliphatic heterocycles. The van der Waals surface area contributed by atoms with Crippen LogP contribution in [0, 0.1) is 11.8 Å². The van der Waals surface area contributed by atoms with Crippen LogP contribution in [0.15, 0.2) is 79.9 Å². The standard InChI is InChI=1S/C31H33Cl2F3N6S.H3N/c32-23-11-14-28(26(33)17-23)42-30(25(18-40-20-41-19-38)27(39)5-3-1-2-4-16-37)29-15-13-24(43-29)12-8-21-6-9-22(10-7-21)31(34,35)36;/h6,9,11,13-15,17,19-20H,1-5,7,10,16,18,37,39H2,(H2,38,40,41);1H3/b27-25-,42-30?;. The van der Waals surface area contributed by atoms with Gasteiger partial charge in [-0.25, -0.2) is 9.98 Å². The van der Waals surface area contributed by atoms with Crippen LogP contribution in [-0.2, 0) is 0 Å². The van der Waals surface area contributed by atoms with E-state index in [0.717, 1.165) is 43.0 Å². The van der Waals surface area contributed by atoms with Crippen LogP contribution in [0.25, 0.3) is 0 Å². The molecule has 0 bridgehead atoms. The minimum absolute atomic E-state index is 0. The molecule has 2 aromatic rings. The molecule has 0 saturated carbocycles. The number of allylic oxidation sites excluding steroid dienone is 5. The molecule has 1 aliphatic carbocycles. The molecule has 0 fully saturated rings. The number of unbranched alkanes of at least 4 members (excludes halogenated alkanes) is 3. The molecule has 0 unspecified atom stereocenters. The summed E-state index contributed by atoms with van der Waals surface area (Å²) in [5, 5.41) is 0.846. The molecule has 1 aromatic carbocycles. The lowest BCUT2D eigenvalue weighted by Gasteiger charge is -2.14. The first-order chi connectivity index (χ1) is 20.6. The molecule has 1 heterocycles. The van der Waals surface area contributed by atoms with Crippen LogP contribution < -0.4 is 23.4 Å². The van der Waals surface area contributed by atoms with Crippen molar-refractivity contribution in [3.05, 3.63) is 84.7 Å². The number of benzene rings is 1. The number of nitrogens with two attached hydrogens (primary N) is 3. The fourth-order valence-electron chi connectivity index (χ4n) is 4.13. The van der Waals surface area contributed by atoms with Crippen LogP contribution in [0.2, 0.25) is 10.0 Å². The normalized spacial score (nSPS) is 14.5. The monoisotopic (exact) mass is 665 g/mol. The van der Waals surface area contributed by atoms with Crippen LogP contribution in [0.3, 0.4) is 0 Å². The first kappa shape index (κ1) is 36.8. The number of aliphatic imine (C=N–C) groups is 3. The van der Waals surface area contributed by atoms with Crippen molar-refractivity contribution in [3.8, 4) is 11.8 Å². The molecule has 13 heteroatoms. The number of alkyl halides is 3. The maximum Gasteiger partial charge on any atom is 0.412 e. The minimum Gasteiger partial charge on any atom is -0.402 e. The van der Waals surface area contributed by atoms with E-state index < -0.39 is 11.7 Å². The molecule has 236 valence electrons. The van der Waals surface area contributed by atoms with Crippen molar-refractivity contribution in [1.29, 1.82) is 0 Å². The number of nitrogens with zero attached hydrogens (tertiary/aromatic N) is 3. The molecule has 0 amide bonds. The van der Waals surface area contributed by atoms with Gasteiger partial charge >= 0.3 is 6.18 Å². The predicted octanol–water partition coefficient (Wildman–Crippen LogP) is 8.04. The highest BCUT2D eigenvalue weighted by Crippen LogP contribution is 2.33. The zero-order valence-electron chi connectivity index (χ0n) is 24.1. The average molecular weight is 667 g/mol. The van der Waals surface area contributed by atoms with Crippen LogP contribution in [0.5, 0.6) is 0 Å². The SMILES string of the molecule is N.NC=NC=NC/C(C(=Nc1ccc(Cl)cc1Cl)c1ccc(C#CC2=CC=C(C(F)(F)F)CC2)s1)=C(/N)CCCCCCN. The summed E-state index contributed by atoms with van der Waals surface area (Å²) >= 11 is 14.0. The zero-order chi connectivity index (χ0) is 31.2. The van der Waals surface area contributed by atoms with Gasteiger partial charge in [-0.15, -0.1) is 11.3 Å². The summed E-state index contributed by atoms with van der Waals surface area (Å²) in [6.07, 6.45) is 5.29. The Morgan fingerprint density at radius 3 is 2.45 bits per heavy atom. The zero-order valence-corrected chi connectivity index (χ0v) is 26.5. The smallest absolute Gasteiger partial charge is 0.402 e. The van der Waals surface area contributed by atoms with Crippen molar-refractivity contribution in [2.75, 3.05) is 13.1 Å². The highest BCUT2D eigenvalue weighted by Gasteiger charge is 2.33. The van der Waals surface area contributed by atoms with E-state index in [0.29, 0.717) is 56.1 Å². The van der Waals surface area contributed by atoms with Gasteiger partial charge in [-0.05, 0) is 69.0 Å². The Kier molecular flexibility index (Phi) is 15.4. The summed E-state index contributed by atoms with van der Waals surface area (Å²) in [6, 6.07) is 8.75. The van der Waals surface area contributed by atoms with Gasteiger partial charge in [-0.3, -0.25) is 4.99 Å². The number of halogens is 5. The van der Waals surface area contributed by atoms with Gasteiger partial charge in [0.25, 0.3) is 0 Å². The van der Waals surface area contributed by atoms with E-state index in [-0.39, 0.29) is 25.5 Å². The fourth-order valence-corrected chi connectivity index (χ4v) is 5.45. The summed E-state index contributed by atoms with van der Waals surface area (Å²) in [6.45, 7) is 0.841. The molecule has 1 aromatic heterocycles. The molecule has 9 N–H and O–H groups in total. The van der Waals surface area contributed by atoms with Crippen LogP contribution in [-0.4, -0.2) is 37.7 Å². The second kappa shape index (κ2) is 18.4. The fraction of sp³-hybridized carbons (Fsp3) is 0.323. The molecule has 7 nitrogen and oxygen atoms in total. The molecule has 0 atom stereocenters. The van der Waals surface area contributed by atoms with Crippen molar-refractivity contribution in [3.63, 3.8) is 0 Å². The van der Waals surface area contributed by atoms with Gasteiger partial charge in [-0.2, -0.15) is 13.2 Å².